The molecule has 1 saturated heterocycles. The van der Waals surface area contributed by atoms with Crippen LogP contribution in [0.2, 0.25) is 0 Å². The summed E-state index contributed by atoms with van der Waals surface area (Å²) in [5.74, 6) is 1.06. The predicted octanol–water partition coefficient (Wildman–Crippen LogP) is 1.44. The van der Waals surface area contributed by atoms with Crippen LogP contribution in [-0.4, -0.2) is 35.8 Å². The lowest BCUT2D eigenvalue weighted by Gasteiger charge is -2.14. The highest BCUT2D eigenvalue weighted by Gasteiger charge is 2.16. The first-order valence-corrected chi connectivity index (χ1v) is 6.40. The van der Waals surface area contributed by atoms with E-state index in [9.17, 15) is 0 Å². The van der Waals surface area contributed by atoms with Crippen molar-refractivity contribution in [3.8, 4) is 5.88 Å². The van der Waals surface area contributed by atoms with Gasteiger partial charge in [0.15, 0.2) is 5.82 Å². The molecule has 1 aromatic heterocycles. The number of ether oxygens (including phenoxy) is 2. The molecule has 3 N–H and O–H groups in total. The van der Waals surface area contributed by atoms with Crippen molar-refractivity contribution in [3.63, 3.8) is 0 Å². The van der Waals surface area contributed by atoms with E-state index >= 15 is 0 Å². The molecule has 1 fully saturated rings. The third kappa shape index (κ3) is 3.22. The zero-order valence-corrected chi connectivity index (χ0v) is 10.7. The number of nitrogens with one attached hydrogen (secondary N) is 1. The first-order chi connectivity index (χ1) is 8.81. The molecule has 1 unspecified atom stereocenters. The normalized spacial score (nSPS) is 18.8. The topological polar surface area (TPSA) is 82.3 Å². The highest BCUT2D eigenvalue weighted by atomic mass is 16.5. The molecule has 2 rings (SSSR count). The van der Waals surface area contributed by atoms with Crippen molar-refractivity contribution in [2.75, 3.05) is 30.8 Å². The molecule has 0 aliphatic carbocycles. The Morgan fingerprint density at radius 3 is 3.17 bits per heavy atom. The third-order valence-electron chi connectivity index (χ3n) is 2.81. The Morgan fingerprint density at radius 1 is 1.56 bits per heavy atom. The van der Waals surface area contributed by atoms with Gasteiger partial charge in [0.2, 0.25) is 5.88 Å². The van der Waals surface area contributed by atoms with Crippen LogP contribution in [0.25, 0.3) is 0 Å². The molecule has 1 atom stereocenters. The molecular weight excluding hydrogens is 232 g/mol. The first kappa shape index (κ1) is 12.9. The molecule has 1 aliphatic rings. The Kier molecular flexibility index (Phi) is 4.58. The molecule has 18 heavy (non-hydrogen) atoms. The van der Waals surface area contributed by atoms with Crippen LogP contribution in [0.5, 0.6) is 5.88 Å². The summed E-state index contributed by atoms with van der Waals surface area (Å²) in [7, 11) is 0. The minimum atomic E-state index is 0.249. The molecule has 6 nitrogen and oxygen atoms in total. The number of aromatic nitrogens is 2. The zero-order chi connectivity index (χ0) is 12.8. The van der Waals surface area contributed by atoms with Crippen molar-refractivity contribution >= 4 is 11.5 Å². The van der Waals surface area contributed by atoms with Gasteiger partial charge in [-0.3, -0.25) is 0 Å². The van der Waals surface area contributed by atoms with Crippen LogP contribution in [0.4, 0.5) is 11.5 Å². The Hall–Kier alpha value is -1.56. The number of nitrogens with zero attached hydrogens (tertiary/aromatic N) is 2. The molecule has 100 valence electrons. The Labute approximate surface area is 107 Å². The van der Waals surface area contributed by atoms with E-state index in [0.29, 0.717) is 30.5 Å². The fraction of sp³-hybridized carbons (Fsp3) is 0.667. The van der Waals surface area contributed by atoms with E-state index in [1.54, 1.807) is 0 Å². The Bertz CT molecular complexity index is 380. The second kappa shape index (κ2) is 6.39. The van der Waals surface area contributed by atoms with Crippen LogP contribution in [0.1, 0.15) is 26.2 Å². The SMILES string of the molecule is CCCOc1ncnc(NCC2CCCO2)c1N. The van der Waals surface area contributed by atoms with Gasteiger partial charge in [0.25, 0.3) is 0 Å². The van der Waals surface area contributed by atoms with Crippen molar-refractivity contribution < 1.29 is 9.47 Å². The number of anilines is 2. The first-order valence-electron chi connectivity index (χ1n) is 6.40. The maximum absolute atomic E-state index is 5.96. The molecule has 1 aliphatic heterocycles. The average molecular weight is 252 g/mol. The van der Waals surface area contributed by atoms with E-state index in [2.05, 4.69) is 15.3 Å². The van der Waals surface area contributed by atoms with Crippen LogP contribution < -0.4 is 15.8 Å². The van der Waals surface area contributed by atoms with E-state index in [0.717, 1.165) is 25.9 Å². The smallest absolute Gasteiger partial charge is 0.242 e. The molecule has 0 radical (unpaired) electrons. The monoisotopic (exact) mass is 252 g/mol. The van der Waals surface area contributed by atoms with Crippen LogP contribution in [0, 0.1) is 0 Å². The molecule has 1 aromatic rings. The molecule has 0 spiro atoms. The summed E-state index contributed by atoms with van der Waals surface area (Å²) >= 11 is 0. The fourth-order valence-corrected chi connectivity index (χ4v) is 1.85. The van der Waals surface area contributed by atoms with E-state index in [1.807, 2.05) is 6.92 Å². The summed E-state index contributed by atoms with van der Waals surface area (Å²) in [4.78, 5) is 8.15. The number of hydrogen-bond donors (Lipinski definition) is 2. The van der Waals surface area contributed by atoms with Gasteiger partial charge < -0.3 is 20.5 Å². The van der Waals surface area contributed by atoms with E-state index in [4.69, 9.17) is 15.2 Å². The van der Waals surface area contributed by atoms with Crippen molar-refractivity contribution in [1.29, 1.82) is 0 Å². The lowest BCUT2D eigenvalue weighted by atomic mass is 10.2. The second-order valence-corrected chi connectivity index (χ2v) is 4.31. The van der Waals surface area contributed by atoms with Crippen molar-refractivity contribution in [2.45, 2.75) is 32.3 Å². The molecule has 0 aromatic carbocycles. The highest BCUT2D eigenvalue weighted by molar-refractivity contribution is 5.66. The van der Waals surface area contributed by atoms with Crippen LogP contribution in [0.15, 0.2) is 6.33 Å². The van der Waals surface area contributed by atoms with Crippen molar-refractivity contribution in [1.82, 2.24) is 9.97 Å². The molecule has 0 saturated carbocycles. The molecule has 6 heteroatoms. The van der Waals surface area contributed by atoms with Gasteiger partial charge in [-0.2, -0.15) is 4.98 Å². The second-order valence-electron chi connectivity index (χ2n) is 4.31. The van der Waals surface area contributed by atoms with Crippen LogP contribution in [-0.2, 0) is 4.74 Å². The number of nitrogen functional groups attached to an aromatic ring is 1. The van der Waals surface area contributed by atoms with Crippen LogP contribution in [0.3, 0.4) is 0 Å². The fourth-order valence-electron chi connectivity index (χ4n) is 1.85. The van der Waals surface area contributed by atoms with Gasteiger partial charge in [0, 0.05) is 13.2 Å². The standard InChI is InChI=1S/C12H20N4O2/c1-2-5-18-12-10(13)11(15-8-16-12)14-7-9-4-3-6-17-9/h8-9H,2-7,13H2,1H3,(H,14,15,16). The maximum atomic E-state index is 5.96. The van der Waals surface area contributed by atoms with E-state index < -0.39 is 0 Å². The summed E-state index contributed by atoms with van der Waals surface area (Å²) in [5, 5.41) is 3.19. The molecule has 0 bridgehead atoms. The molecular formula is C12H20N4O2. The van der Waals surface area contributed by atoms with Gasteiger partial charge in [0.1, 0.15) is 12.0 Å². The summed E-state index contributed by atoms with van der Waals surface area (Å²) in [6.45, 7) is 4.20. The lowest BCUT2D eigenvalue weighted by Crippen LogP contribution is -2.20. The van der Waals surface area contributed by atoms with Gasteiger partial charge in [-0.15, -0.1) is 0 Å². The van der Waals surface area contributed by atoms with Gasteiger partial charge in [-0.05, 0) is 19.3 Å². The number of rotatable bonds is 6. The highest BCUT2D eigenvalue weighted by Crippen LogP contribution is 2.25. The number of nitrogens with two attached hydrogens (primary N) is 1. The predicted molar refractivity (Wildman–Crippen MR) is 69.7 cm³/mol. The van der Waals surface area contributed by atoms with E-state index in [-0.39, 0.29) is 6.10 Å². The maximum Gasteiger partial charge on any atom is 0.242 e. The third-order valence-corrected chi connectivity index (χ3v) is 2.81. The molecule has 2 heterocycles. The quantitative estimate of drug-likeness (QED) is 0.797. The summed E-state index contributed by atoms with van der Waals surface area (Å²) < 4.78 is 11.0. The van der Waals surface area contributed by atoms with Gasteiger partial charge in [0.05, 0.1) is 12.7 Å². The zero-order valence-electron chi connectivity index (χ0n) is 10.7. The minimum Gasteiger partial charge on any atom is -0.476 e. The van der Waals surface area contributed by atoms with Crippen LogP contribution >= 0.6 is 0 Å². The molecule has 0 amide bonds. The largest absolute Gasteiger partial charge is 0.476 e. The Morgan fingerprint density at radius 2 is 2.44 bits per heavy atom. The summed E-state index contributed by atoms with van der Waals surface area (Å²) in [6.07, 6.45) is 4.83. The summed E-state index contributed by atoms with van der Waals surface area (Å²) in [5.41, 5.74) is 6.42. The van der Waals surface area contributed by atoms with Gasteiger partial charge in [-0.1, -0.05) is 6.92 Å². The van der Waals surface area contributed by atoms with Gasteiger partial charge in [-0.25, -0.2) is 4.98 Å². The average Bonchev–Trinajstić information content (AvgIpc) is 2.89. The number of hydrogen-bond acceptors (Lipinski definition) is 6. The van der Waals surface area contributed by atoms with Crippen molar-refractivity contribution in [3.05, 3.63) is 6.33 Å². The van der Waals surface area contributed by atoms with Gasteiger partial charge >= 0.3 is 0 Å². The minimum absolute atomic E-state index is 0.249. The summed E-state index contributed by atoms with van der Waals surface area (Å²) in [6, 6.07) is 0. The lowest BCUT2D eigenvalue weighted by molar-refractivity contribution is 0.120. The Balaban J connectivity index is 1.94. The van der Waals surface area contributed by atoms with E-state index in [1.165, 1.54) is 6.33 Å². The van der Waals surface area contributed by atoms with Crippen molar-refractivity contribution in [2.24, 2.45) is 0 Å².